The maximum absolute atomic E-state index is 12.3. The molecule has 8 nitrogen and oxygen atoms in total. The van der Waals surface area contributed by atoms with Crippen molar-refractivity contribution < 1.29 is 28.6 Å². The number of urea groups is 1. The molecule has 2 aromatic rings. The number of hydrogen-bond donors (Lipinski definition) is 3. The second kappa shape index (κ2) is 7.77. The quantitative estimate of drug-likeness (QED) is 0.656. The predicted octanol–water partition coefficient (Wildman–Crippen LogP) is 3.49. The van der Waals surface area contributed by atoms with Crippen molar-refractivity contribution in [1.82, 2.24) is 10.6 Å². The normalized spacial score (nSPS) is 16.4. The van der Waals surface area contributed by atoms with E-state index < -0.39 is 24.0 Å². The van der Waals surface area contributed by atoms with E-state index >= 15 is 0 Å². The number of esters is 1. The van der Waals surface area contributed by atoms with Crippen LogP contribution < -0.4 is 10.6 Å². The van der Waals surface area contributed by atoms with Crippen LogP contribution in [0.5, 0.6) is 0 Å². The van der Waals surface area contributed by atoms with Crippen LogP contribution in [0.2, 0.25) is 5.02 Å². The van der Waals surface area contributed by atoms with E-state index in [4.69, 9.17) is 25.9 Å². The Kier molecular flexibility index (Phi) is 5.41. The topological polar surface area (TPSA) is 118 Å². The third-order valence-electron chi connectivity index (χ3n) is 4.16. The highest BCUT2D eigenvalue weighted by molar-refractivity contribution is 6.33. The molecule has 3 N–H and O–H groups in total. The number of carboxylic acids is 1. The second-order valence-electron chi connectivity index (χ2n) is 5.99. The third-order valence-corrected chi connectivity index (χ3v) is 4.47. The first-order valence-corrected chi connectivity index (χ1v) is 8.78. The lowest BCUT2D eigenvalue weighted by Crippen LogP contribution is -2.45. The number of carboxylic acid groups (broad SMARTS) is 1. The summed E-state index contributed by atoms with van der Waals surface area (Å²) in [4.78, 5) is 35.3. The molecule has 0 spiro atoms. The summed E-state index contributed by atoms with van der Waals surface area (Å²) < 4.78 is 10.9. The number of rotatable bonds is 5. The van der Waals surface area contributed by atoms with Crippen LogP contribution in [0.15, 0.2) is 46.0 Å². The zero-order chi connectivity index (χ0) is 20.4. The van der Waals surface area contributed by atoms with Crippen molar-refractivity contribution in [2.75, 3.05) is 6.61 Å². The van der Waals surface area contributed by atoms with Crippen LogP contribution in [0.4, 0.5) is 4.79 Å². The van der Waals surface area contributed by atoms with Gasteiger partial charge in [-0.3, -0.25) is 0 Å². The van der Waals surface area contributed by atoms with Crippen molar-refractivity contribution in [3.63, 3.8) is 0 Å². The fourth-order valence-electron chi connectivity index (χ4n) is 2.89. The van der Waals surface area contributed by atoms with Crippen molar-refractivity contribution in [1.29, 1.82) is 0 Å². The number of halogens is 1. The van der Waals surface area contributed by atoms with Gasteiger partial charge in [-0.2, -0.15) is 0 Å². The van der Waals surface area contributed by atoms with Gasteiger partial charge < -0.3 is 24.9 Å². The van der Waals surface area contributed by atoms with E-state index in [1.54, 1.807) is 32.0 Å². The monoisotopic (exact) mass is 404 g/mol. The van der Waals surface area contributed by atoms with Crippen LogP contribution in [-0.4, -0.2) is 29.7 Å². The highest BCUT2D eigenvalue weighted by atomic mass is 35.5. The van der Waals surface area contributed by atoms with Gasteiger partial charge in [-0.15, -0.1) is 0 Å². The zero-order valence-corrected chi connectivity index (χ0v) is 15.8. The molecular formula is C19H17ClN2O6. The van der Waals surface area contributed by atoms with E-state index in [0.717, 1.165) is 0 Å². The molecule has 1 aromatic carbocycles. The Bertz CT molecular complexity index is 994. The molecule has 0 saturated carbocycles. The summed E-state index contributed by atoms with van der Waals surface area (Å²) in [5, 5.41) is 14.3. The molecule has 2 amide bonds. The molecule has 0 aliphatic carbocycles. The van der Waals surface area contributed by atoms with Crippen LogP contribution >= 0.6 is 11.6 Å². The smallest absolute Gasteiger partial charge is 0.338 e. The third kappa shape index (κ3) is 3.72. The van der Waals surface area contributed by atoms with E-state index in [1.807, 2.05) is 0 Å². The average molecular weight is 405 g/mol. The molecule has 0 bridgehead atoms. The van der Waals surface area contributed by atoms with Gasteiger partial charge in [0.1, 0.15) is 17.6 Å². The lowest BCUT2D eigenvalue weighted by molar-refractivity contribution is -0.139. The molecule has 1 atom stereocenters. The summed E-state index contributed by atoms with van der Waals surface area (Å²) >= 11 is 6.01. The number of ether oxygens (including phenoxy) is 1. The summed E-state index contributed by atoms with van der Waals surface area (Å²) in [5.41, 5.74) is 1.14. The number of furan rings is 1. The van der Waals surface area contributed by atoms with Crippen LogP contribution in [0.25, 0.3) is 11.3 Å². The number of amides is 2. The Morgan fingerprint density at radius 2 is 2.04 bits per heavy atom. The first-order valence-electron chi connectivity index (χ1n) is 8.40. The van der Waals surface area contributed by atoms with Crippen molar-refractivity contribution in [2.45, 2.75) is 19.9 Å². The van der Waals surface area contributed by atoms with E-state index in [0.29, 0.717) is 22.8 Å². The molecule has 2 heterocycles. The molecule has 9 heteroatoms. The summed E-state index contributed by atoms with van der Waals surface area (Å²) in [6.45, 7) is 3.48. The van der Waals surface area contributed by atoms with Crippen LogP contribution in [0.1, 0.15) is 36.0 Å². The molecule has 1 aromatic heterocycles. The predicted molar refractivity (Wildman–Crippen MR) is 99.9 cm³/mol. The van der Waals surface area contributed by atoms with Crippen LogP contribution in [-0.2, 0) is 9.53 Å². The molecule has 3 rings (SSSR count). The lowest BCUT2D eigenvalue weighted by Gasteiger charge is -2.26. The first kappa shape index (κ1) is 19.5. The van der Waals surface area contributed by atoms with Gasteiger partial charge in [0.2, 0.25) is 0 Å². The lowest BCUT2D eigenvalue weighted by atomic mass is 10.0. The molecule has 0 unspecified atom stereocenters. The standard InChI is InChI=1S/C19H17ClN2O6/c1-3-27-18(25)15-9(2)21-19(26)22-16(15)14-7-6-13(28-14)10-4-5-11(17(23)24)12(20)8-10/h4-8,16H,3H2,1-2H3,(H,23,24)(H2,21,22,26)/t16-/m1/s1. The molecule has 146 valence electrons. The minimum atomic E-state index is -1.13. The Morgan fingerprint density at radius 1 is 1.29 bits per heavy atom. The highest BCUT2D eigenvalue weighted by Crippen LogP contribution is 2.33. The number of allylic oxidation sites excluding steroid dienone is 1. The molecule has 0 fully saturated rings. The number of nitrogens with one attached hydrogen (secondary N) is 2. The van der Waals surface area contributed by atoms with Gasteiger partial charge in [0.05, 0.1) is 22.8 Å². The van der Waals surface area contributed by atoms with E-state index in [1.165, 1.54) is 12.1 Å². The van der Waals surface area contributed by atoms with Crippen molar-refractivity contribution in [3.8, 4) is 11.3 Å². The number of hydrogen-bond acceptors (Lipinski definition) is 5. The maximum Gasteiger partial charge on any atom is 0.338 e. The molecule has 0 saturated heterocycles. The van der Waals surface area contributed by atoms with E-state index in [2.05, 4.69) is 10.6 Å². The first-order chi connectivity index (χ1) is 13.3. The Morgan fingerprint density at radius 3 is 2.68 bits per heavy atom. The number of aromatic carboxylic acids is 1. The largest absolute Gasteiger partial charge is 0.478 e. The van der Waals surface area contributed by atoms with Gasteiger partial charge in [-0.25, -0.2) is 14.4 Å². The summed E-state index contributed by atoms with van der Waals surface area (Å²) in [7, 11) is 0. The van der Waals surface area contributed by atoms with Gasteiger partial charge in [0.15, 0.2) is 0 Å². The Balaban J connectivity index is 1.97. The van der Waals surface area contributed by atoms with Crippen LogP contribution in [0.3, 0.4) is 0 Å². The fourth-order valence-corrected chi connectivity index (χ4v) is 3.15. The minimum Gasteiger partial charge on any atom is -0.478 e. The molecule has 1 aliphatic heterocycles. The van der Waals surface area contributed by atoms with Gasteiger partial charge in [-0.05, 0) is 38.1 Å². The molecular weight excluding hydrogens is 388 g/mol. The summed E-state index contributed by atoms with van der Waals surface area (Å²) in [5.74, 6) is -0.966. The van der Waals surface area contributed by atoms with Gasteiger partial charge >= 0.3 is 18.0 Å². The van der Waals surface area contributed by atoms with Gasteiger partial charge in [0, 0.05) is 11.3 Å². The maximum atomic E-state index is 12.3. The summed E-state index contributed by atoms with van der Waals surface area (Å²) in [6, 6.07) is 6.39. The highest BCUT2D eigenvalue weighted by Gasteiger charge is 2.34. The molecule has 1 aliphatic rings. The fraction of sp³-hybridized carbons (Fsp3) is 0.211. The van der Waals surface area contributed by atoms with Crippen molar-refractivity contribution >= 4 is 29.6 Å². The van der Waals surface area contributed by atoms with Crippen LogP contribution in [0, 0.1) is 0 Å². The number of benzene rings is 1. The van der Waals surface area contributed by atoms with E-state index in [-0.39, 0.29) is 22.8 Å². The average Bonchev–Trinajstić information content (AvgIpc) is 3.10. The van der Waals surface area contributed by atoms with Crippen molar-refractivity contribution in [3.05, 3.63) is 57.9 Å². The van der Waals surface area contributed by atoms with Crippen molar-refractivity contribution in [2.24, 2.45) is 0 Å². The van der Waals surface area contributed by atoms with Gasteiger partial charge in [-0.1, -0.05) is 17.7 Å². The Labute approximate surface area is 165 Å². The summed E-state index contributed by atoms with van der Waals surface area (Å²) in [6.07, 6.45) is 0. The van der Waals surface area contributed by atoms with Gasteiger partial charge in [0.25, 0.3) is 0 Å². The SMILES string of the molecule is CCOC(=O)C1=C(C)NC(=O)N[C@@H]1c1ccc(-c2ccc(C(=O)O)c(Cl)c2)o1. The zero-order valence-electron chi connectivity index (χ0n) is 15.0. The van der Waals surface area contributed by atoms with E-state index in [9.17, 15) is 14.4 Å². The molecule has 0 radical (unpaired) electrons. The second-order valence-corrected chi connectivity index (χ2v) is 6.40. The number of carbonyl (C=O) groups is 3. The molecule has 28 heavy (non-hydrogen) atoms. The number of carbonyl (C=O) groups excluding carboxylic acids is 2. The Hall–Kier alpha value is -3.26. The minimum absolute atomic E-state index is 0.0223.